The minimum atomic E-state index is -4.18. The number of thioether (sulfide) groups is 1. The maximum atomic E-state index is 13.9. The summed E-state index contributed by atoms with van der Waals surface area (Å²) >= 11 is 7.35. The summed E-state index contributed by atoms with van der Waals surface area (Å²) in [5, 5.41) is 3.17. The van der Waals surface area contributed by atoms with Crippen LogP contribution in [0.4, 0.5) is 4.39 Å². The molecular formula is C19H22ClFN2O4S2. The van der Waals surface area contributed by atoms with Gasteiger partial charge in [-0.2, -0.15) is 16.5 Å². The van der Waals surface area contributed by atoms with Gasteiger partial charge in [0.1, 0.15) is 29.1 Å². The van der Waals surface area contributed by atoms with Gasteiger partial charge in [0.2, 0.25) is 15.9 Å². The molecule has 2 rings (SSSR count). The van der Waals surface area contributed by atoms with Crippen molar-refractivity contribution in [3.63, 3.8) is 0 Å². The molecule has 6 nitrogen and oxygen atoms in total. The van der Waals surface area contributed by atoms with Crippen molar-refractivity contribution >= 4 is 39.3 Å². The highest BCUT2D eigenvalue weighted by atomic mass is 35.5. The third kappa shape index (κ3) is 7.50. The second-order valence-electron chi connectivity index (χ2n) is 5.98. The monoisotopic (exact) mass is 460 g/mol. The average molecular weight is 461 g/mol. The second kappa shape index (κ2) is 11.4. The molecule has 0 bridgehead atoms. The summed E-state index contributed by atoms with van der Waals surface area (Å²) in [4.78, 5) is 12.0. The fourth-order valence-corrected chi connectivity index (χ4v) is 4.38. The first-order chi connectivity index (χ1) is 13.8. The zero-order valence-electron chi connectivity index (χ0n) is 15.7. The van der Waals surface area contributed by atoms with Gasteiger partial charge in [0, 0.05) is 5.02 Å². The van der Waals surface area contributed by atoms with Gasteiger partial charge in [-0.1, -0.05) is 29.8 Å². The van der Waals surface area contributed by atoms with Crippen molar-refractivity contribution in [2.45, 2.75) is 17.4 Å². The number of hydrogen-bond donors (Lipinski definition) is 2. The van der Waals surface area contributed by atoms with Crippen molar-refractivity contribution in [2.75, 3.05) is 25.2 Å². The molecule has 0 saturated carbocycles. The first-order valence-electron chi connectivity index (χ1n) is 8.75. The average Bonchev–Trinajstić information content (AvgIpc) is 2.68. The van der Waals surface area contributed by atoms with Gasteiger partial charge in [-0.25, -0.2) is 12.8 Å². The van der Waals surface area contributed by atoms with E-state index in [2.05, 4.69) is 10.0 Å². The SMILES string of the molecule is CSCCC(NS(=O)(=O)c1ccccc1F)C(=O)NCCOc1cccc(Cl)c1. The number of amides is 1. The van der Waals surface area contributed by atoms with Crippen LogP contribution in [0.3, 0.4) is 0 Å². The lowest BCUT2D eigenvalue weighted by molar-refractivity contribution is -0.122. The molecule has 0 saturated heterocycles. The van der Waals surface area contributed by atoms with E-state index >= 15 is 0 Å². The molecule has 1 atom stereocenters. The third-order valence-corrected chi connectivity index (χ3v) is 6.20. The van der Waals surface area contributed by atoms with Crippen LogP contribution in [0, 0.1) is 5.82 Å². The Hall–Kier alpha value is -1.81. The molecule has 1 unspecified atom stereocenters. The van der Waals surface area contributed by atoms with Crippen LogP contribution in [-0.4, -0.2) is 45.5 Å². The first-order valence-corrected chi connectivity index (χ1v) is 12.0. The topological polar surface area (TPSA) is 84.5 Å². The summed E-state index contributed by atoms with van der Waals surface area (Å²) in [5.74, 6) is -0.268. The quantitative estimate of drug-likeness (QED) is 0.503. The van der Waals surface area contributed by atoms with Crippen LogP contribution in [-0.2, 0) is 14.8 Å². The zero-order valence-corrected chi connectivity index (χ0v) is 18.1. The highest BCUT2D eigenvalue weighted by molar-refractivity contribution is 7.98. The summed E-state index contributed by atoms with van der Waals surface area (Å²) in [6.45, 7) is 0.351. The minimum absolute atomic E-state index is 0.169. The normalized spacial score (nSPS) is 12.4. The van der Waals surface area contributed by atoms with Gasteiger partial charge in [0.15, 0.2) is 0 Å². The van der Waals surface area contributed by atoms with E-state index in [9.17, 15) is 17.6 Å². The van der Waals surface area contributed by atoms with E-state index in [1.165, 1.54) is 23.9 Å². The molecule has 0 aromatic heterocycles. The fourth-order valence-electron chi connectivity index (χ4n) is 2.42. The first kappa shape index (κ1) is 23.5. The van der Waals surface area contributed by atoms with Crippen LogP contribution in [0.15, 0.2) is 53.4 Å². The van der Waals surface area contributed by atoms with Gasteiger partial charge in [-0.15, -0.1) is 0 Å². The van der Waals surface area contributed by atoms with Crippen LogP contribution < -0.4 is 14.8 Å². The Labute approximate surface area is 179 Å². The standard InChI is InChI=1S/C19H22ClFN2O4S2/c1-28-12-9-17(23-29(25,26)18-8-3-2-7-16(18)21)19(24)22-10-11-27-15-6-4-5-14(20)13-15/h2-8,13,17,23H,9-12H2,1H3,(H,22,24). The van der Waals surface area contributed by atoms with E-state index in [0.29, 0.717) is 16.5 Å². The number of hydrogen-bond acceptors (Lipinski definition) is 5. The van der Waals surface area contributed by atoms with Gasteiger partial charge in [0.05, 0.1) is 6.54 Å². The number of halogens is 2. The highest BCUT2D eigenvalue weighted by Crippen LogP contribution is 2.17. The molecule has 158 valence electrons. The largest absolute Gasteiger partial charge is 0.492 e. The lowest BCUT2D eigenvalue weighted by Crippen LogP contribution is -2.47. The van der Waals surface area contributed by atoms with Crippen LogP contribution >= 0.6 is 23.4 Å². The Balaban J connectivity index is 1.95. The van der Waals surface area contributed by atoms with Crippen molar-refractivity contribution in [3.8, 4) is 5.75 Å². The maximum Gasteiger partial charge on any atom is 0.244 e. The molecular weight excluding hydrogens is 439 g/mol. The van der Waals surface area contributed by atoms with Crippen molar-refractivity contribution in [1.29, 1.82) is 0 Å². The predicted octanol–water partition coefficient (Wildman–Crippen LogP) is 3.07. The summed E-state index contributed by atoms with van der Waals surface area (Å²) in [6, 6.07) is 10.8. The molecule has 0 heterocycles. The van der Waals surface area contributed by atoms with E-state index in [4.69, 9.17) is 16.3 Å². The molecule has 2 aromatic carbocycles. The van der Waals surface area contributed by atoms with Gasteiger partial charge < -0.3 is 10.1 Å². The van der Waals surface area contributed by atoms with E-state index in [-0.39, 0.29) is 19.6 Å². The van der Waals surface area contributed by atoms with Gasteiger partial charge in [-0.05, 0) is 48.8 Å². The molecule has 2 aromatic rings. The number of sulfonamides is 1. The second-order valence-corrected chi connectivity index (χ2v) is 9.09. The molecule has 0 spiro atoms. The van der Waals surface area contributed by atoms with Crippen molar-refractivity contribution in [2.24, 2.45) is 0 Å². The summed E-state index contributed by atoms with van der Waals surface area (Å²) in [5.41, 5.74) is 0. The molecule has 1 amide bonds. The Kier molecular flexibility index (Phi) is 9.22. The number of ether oxygens (including phenoxy) is 1. The highest BCUT2D eigenvalue weighted by Gasteiger charge is 2.27. The number of benzene rings is 2. The summed E-state index contributed by atoms with van der Waals surface area (Å²) < 4.78 is 46.7. The minimum Gasteiger partial charge on any atom is -0.492 e. The van der Waals surface area contributed by atoms with Crippen LogP contribution in [0.25, 0.3) is 0 Å². The van der Waals surface area contributed by atoms with Crippen LogP contribution in [0.5, 0.6) is 5.75 Å². The molecule has 0 aliphatic rings. The van der Waals surface area contributed by atoms with Crippen LogP contribution in [0.2, 0.25) is 5.02 Å². The fraction of sp³-hybridized carbons (Fsp3) is 0.316. The lowest BCUT2D eigenvalue weighted by atomic mass is 10.2. The molecule has 0 radical (unpaired) electrons. The number of nitrogens with one attached hydrogen (secondary N) is 2. The van der Waals surface area contributed by atoms with E-state index in [1.807, 2.05) is 6.26 Å². The number of carbonyl (C=O) groups is 1. The number of rotatable bonds is 11. The van der Waals surface area contributed by atoms with Gasteiger partial charge >= 0.3 is 0 Å². The number of carbonyl (C=O) groups excluding carboxylic acids is 1. The van der Waals surface area contributed by atoms with Crippen molar-refractivity contribution < 1.29 is 22.3 Å². The van der Waals surface area contributed by atoms with E-state index in [1.54, 1.807) is 24.3 Å². The Morgan fingerprint density at radius 1 is 1.24 bits per heavy atom. The summed E-state index contributed by atoms with van der Waals surface area (Å²) in [7, 11) is -4.18. The van der Waals surface area contributed by atoms with Crippen LogP contribution in [0.1, 0.15) is 6.42 Å². The lowest BCUT2D eigenvalue weighted by Gasteiger charge is -2.18. The Bertz CT molecular complexity index is 928. The predicted molar refractivity (Wildman–Crippen MR) is 113 cm³/mol. The molecule has 2 N–H and O–H groups in total. The maximum absolute atomic E-state index is 13.9. The molecule has 10 heteroatoms. The Morgan fingerprint density at radius 2 is 2.00 bits per heavy atom. The van der Waals surface area contributed by atoms with Crippen molar-refractivity contribution in [1.82, 2.24) is 10.0 Å². The molecule has 0 fully saturated rings. The van der Waals surface area contributed by atoms with Crippen molar-refractivity contribution in [3.05, 3.63) is 59.4 Å². The molecule has 29 heavy (non-hydrogen) atoms. The molecule has 0 aliphatic heterocycles. The summed E-state index contributed by atoms with van der Waals surface area (Å²) in [6.07, 6.45) is 2.11. The Morgan fingerprint density at radius 3 is 2.69 bits per heavy atom. The van der Waals surface area contributed by atoms with Gasteiger partial charge in [0.25, 0.3) is 0 Å². The van der Waals surface area contributed by atoms with E-state index < -0.39 is 32.7 Å². The zero-order chi connectivity index (χ0) is 21.3. The molecule has 0 aliphatic carbocycles. The third-order valence-electron chi connectivity index (χ3n) is 3.82. The van der Waals surface area contributed by atoms with Gasteiger partial charge in [-0.3, -0.25) is 4.79 Å². The smallest absolute Gasteiger partial charge is 0.244 e. The van der Waals surface area contributed by atoms with E-state index in [0.717, 1.165) is 12.1 Å².